The highest BCUT2D eigenvalue weighted by atomic mass is 35.5. The molecule has 24 rings (SSSR count). The molecule has 0 amide bonds. The van der Waals surface area contributed by atoms with Crippen LogP contribution in [-0.2, 0) is 10.8 Å². The zero-order valence-corrected chi connectivity index (χ0v) is 65.8. The summed E-state index contributed by atoms with van der Waals surface area (Å²) in [7, 11) is 0. The van der Waals surface area contributed by atoms with Crippen LogP contribution >= 0.6 is 11.6 Å². The second-order valence-electron chi connectivity index (χ2n) is 37.4. The normalized spacial score (nSPS) is 26.0. The second-order valence-corrected chi connectivity index (χ2v) is 37.8. The van der Waals surface area contributed by atoms with Crippen molar-refractivity contribution in [3.63, 3.8) is 0 Å². The van der Waals surface area contributed by atoms with Gasteiger partial charge < -0.3 is 19.6 Å². The van der Waals surface area contributed by atoms with Crippen molar-refractivity contribution in [1.82, 2.24) is 0 Å². The van der Waals surface area contributed by atoms with Gasteiger partial charge in [0.1, 0.15) is 0 Å². The van der Waals surface area contributed by atoms with Crippen molar-refractivity contribution in [2.75, 3.05) is 19.6 Å². The molecule has 12 aliphatic carbocycles. The lowest BCUT2D eigenvalue weighted by molar-refractivity contribution is -0.00526. The molecule has 0 N–H and O–H groups in total. The molecule has 0 saturated heterocycles. The van der Waals surface area contributed by atoms with Crippen molar-refractivity contribution in [3.05, 3.63) is 269 Å². The average molecular weight is 1460 g/mol. The predicted octanol–water partition coefficient (Wildman–Crippen LogP) is 28.2. The molecule has 8 bridgehead atoms. The number of anilines is 12. The Kier molecular flexibility index (Phi) is 18.6. The predicted molar refractivity (Wildman–Crippen MR) is 464 cm³/mol. The molecule has 10 aromatic carbocycles. The summed E-state index contributed by atoms with van der Waals surface area (Å²) < 4.78 is 0. The van der Waals surface area contributed by atoms with Crippen molar-refractivity contribution < 1.29 is 0 Å². The molecular weight excluding hydrogens is 1350 g/mol. The van der Waals surface area contributed by atoms with Crippen LogP contribution in [0.5, 0.6) is 0 Å². The lowest BCUT2D eigenvalue weighted by Crippen LogP contribution is -2.62. The summed E-state index contributed by atoms with van der Waals surface area (Å²) in [5.41, 5.74) is 29.2. The molecule has 6 heteroatoms. The maximum absolute atomic E-state index is 8.00. The molecule has 2 heterocycles. The zero-order chi connectivity index (χ0) is 72.9. The van der Waals surface area contributed by atoms with Crippen molar-refractivity contribution in [1.29, 1.82) is 0 Å². The Balaban J connectivity index is 0.000000140. The zero-order valence-electron chi connectivity index (χ0n) is 65.1. The van der Waals surface area contributed by atoms with Gasteiger partial charge in [-0.05, 0) is 357 Å². The van der Waals surface area contributed by atoms with Crippen LogP contribution in [0.1, 0.15) is 263 Å². The third-order valence-electron chi connectivity index (χ3n) is 30.6. The van der Waals surface area contributed by atoms with Gasteiger partial charge in [0, 0.05) is 56.9 Å². The van der Waals surface area contributed by atoms with Crippen LogP contribution in [0.25, 0.3) is 0 Å². The first-order valence-electron chi connectivity index (χ1n) is 44.2. The average Bonchev–Trinajstić information content (AvgIpc) is 0.690. The Morgan fingerprint density at radius 3 is 0.918 bits per heavy atom. The third-order valence-corrected chi connectivity index (χ3v) is 31.0. The molecule has 558 valence electrons. The van der Waals surface area contributed by atoms with Crippen molar-refractivity contribution in [2.24, 2.45) is 35.5 Å². The van der Waals surface area contributed by atoms with Crippen molar-refractivity contribution in [2.45, 2.75) is 240 Å². The van der Waals surface area contributed by atoms with Crippen LogP contribution in [0.3, 0.4) is 0 Å². The summed E-state index contributed by atoms with van der Waals surface area (Å²) >= 11 is 8.00. The van der Waals surface area contributed by atoms with E-state index in [-0.39, 0.29) is 17.5 Å². The van der Waals surface area contributed by atoms with Gasteiger partial charge in [0.2, 0.25) is 0 Å². The highest BCUT2D eigenvalue weighted by Crippen LogP contribution is 2.65. The van der Waals surface area contributed by atoms with Gasteiger partial charge in [0.15, 0.2) is 0 Å². The summed E-state index contributed by atoms with van der Waals surface area (Å²) in [6.07, 6.45) is 43.6. The fraction of sp³-hybridized carbons (Fsp3) is 0.423. The minimum absolute atomic E-state index is 0.198. The summed E-state index contributed by atoms with van der Waals surface area (Å²) in [4.78, 5) is 10.3. The number of hydrogen-bond donors (Lipinski definition) is 0. The molecule has 12 fully saturated rings. The van der Waals surface area contributed by atoms with Gasteiger partial charge in [-0.2, -0.15) is 0 Å². The van der Waals surface area contributed by atoms with E-state index in [2.05, 4.69) is 250 Å². The minimum Gasteiger partial charge on any atom is -0.311 e. The highest BCUT2D eigenvalue weighted by Gasteiger charge is 2.55. The Morgan fingerprint density at radius 2 is 0.582 bits per heavy atom. The van der Waals surface area contributed by atoms with Crippen LogP contribution in [0.15, 0.2) is 231 Å². The number of hydrogen-bond acceptors (Lipinski definition) is 4. The number of para-hydroxylation sites is 4. The number of nitrogens with zero attached hydrogens (tertiary/aromatic N) is 4. The van der Waals surface area contributed by atoms with E-state index in [4.69, 9.17) is 11.6 Å². The van der Waals surface area contributed by atoms with E-state index in [1.54, 1.807) is 16.7 Å². The molecule has 110 heavy (non-hydrogen) atoms. The number of halogens is 1. The van der Waals surface area contributed by atoms with Crippen molar-refractivity contribution in [3.8, 4) is 0 Å². The van der Waals surface area contributed by atoms with Gasteiger partial charge in [-0.15, -0.1) is 0 Å². The van der Waals surface area contributed by atoms with Crippen LogP contribution in [0.2, 0.25) is 5.02 Å². The molecule has 0 unspecified atom stereocenters. The Bertz CT molecular complexity index is 4560. The van der Waals surface area contributed by atoms with E-state index in [1.165, 1.54) is 284 Å². The smallest absolute Gasteiger partial charge is 0.252 e. The van der Waals surface area contributed by atoms with Crippen LogP contribution in [-0.4, -0.2) is 6.71 Å². The van der Waals surface area contributed by atoms with Gasteiger partial charge >= 0.3 is 0 Å². The topological polar surface area (TPSA) is 13.0 Å². The van der Waals surface area contributed by atoms with Crippen LogP contribution < -0.4 is 36.0 Å². The Morgan fingerprint density at radius 1 is 0.291 bits per heavy atom. The number of fused-ring (bicyclic) bond motifs is 4. The second kappa shape index (κ2) is 29.4. The standard InChI is InChI=1S/C52H55BN2.C52H57ClN2/c1-5-13-38(14-6-1)40-21-23-47-45(28-40)53-46-29-41(39-15-7-2-8-16-39)22-24-48(46)55(44-19-11-4-12-20-44)50-31-42(52-32-35-25-36(33-52)27-37(26-35)34-52)30-49(51(50)53)54(47)43-17-9-3-10-18-43;53-51-49(54(45-17-9-3-10-18-45)47-25-21-42(22-26-47)40-13-5-1-6-14-40)32-44(52-34-37-29-38(35-52)31-39(30-37)36-52)33-50(51)55(46-19-11-4-12-20-46)48-27-23-43(24-28-48)41-15-7-2-8-16-41/h3-4,9-12,17-24,28-31,35-39H,1-2,5-8,13-16,25-27,32-34H2;3-4,9-12,17-28,32-33,37-41H,1-2,5-8,13-16,29-31,34-36H2. The summed E-state index contributed by atoms with van der Waals surface area (Å²) in [5.74, 6) is 7.94. The number of rotatable bonds is 14. The lowest BCUT2D eigenvalue weighted by atomic mass is 9.33. The van der Waals surface area contributed by atoms with E-state index in [9.17, 15) is 0 Å². The number of benzene rings is 10. The quantitative estimate of drug-likeness (QED) is 0.101. The van der Waals surface area contributed by atoms with Crippen LogP contribution in [0, 0.1) is 35.5 Å². The van der Waals surface area contributed by atoms with Gasteiger partial charge in [-0.3, -0.25) is 0 Å². The van der Waals surface area contributed by atoms with Gasteiger partial charge in [0.25, 0.3) is 6.71 Å². The van der Waals surface area contributed by atoms with Gasteiger partial charge in [-0.1, -0.05) is 210 Å². The van der Waals surface area contributed by atoms with Crippen molar-refractivity contribution >= 4 is 103 Å². The van der Waals surface area contributed by atoms with E-state index in [0.717, 1.165) is 63.3 Å². The molecule has 0 spiro atoms. The third kappa shape index (κ3) is 12.8. The Labute approximate surface area is 662 Å². The Hall–Kier alpha value is -8.25. The first-order chi connectivity index (χ1) is 54.3. The molecule has 0 aromatic heterocycles. The molecule has 10 aromatic rings. The summed E-state index contributed by atoms with van der Waals surface area (Å²) in [6, 6.07) is 89.8. The molecule has 12 saturated carbocycles. The van der Waals surface area contributed by atoms with E-state index in [0.29, 0.717) is 23.7 Å². The summed E-state index contributed by atoms with van der Waals surface area (Å²) in [6.45, 7) is 0.201. The maximum atomic E-state index is 8.00. The molecule has 0 radical (unpaired) electrons. The molecule has 4 nitrogen and oxygen atoms in total. The lowest BCUT2D eigenvalue weighted by Gasteiger charge is -2.57. The van der Waals surface area contributed by atoms with E-state index >= 15 is 0 Å². The largest absolute Gasteiger partial charge is 0.311 e. The molecular formula is C104H112BClN4. The molecule has 0 atom stereocenters. The van der Waals surface area contributed by atoms with Crippen LogP contribution in [0.4, 0.5) is 68.2 Å². The fourth-order valence-corrected chi connectivity index (χ4v) is 26.5. The highest BCUT2D eigenvalue weighted by molar-refractivity contribution is 7.00. The fourth-order valence-electron chi connectivity index (χ4n) is 26.3. The first-order valence-corrected chi connectivity index (χ1v) is 44.6. The van der Waals surface area contributed by atoms with E-state index < -0.39 is 0 Å². The monoisotopic (exact) mass is 1460 g/mol. The van der Waals surface area contributed by atoms with Gasteiger partial charge in [-0.25, -0.2) is 0 Å². The first kappa shape index (κ1) is 69.7. The van der Waals surface area contributed by atoms with Gasteiger partial charge in [0.05, 0.1) is 16.4 Å². The molecule has 14 aliphatic rings. The summed E-state index contributed by atoms with van der Waals surface area (Å²) in [5, 5.41) is 0.800. The SMILES string of the molecule is Clc1c(N(c2ccccc2)c2ccc(C3CCCCC3)cc2)cc(C23CC4CC(CC(C4)C2)C3)cc1N(c1ccccc1)c1ccc(C2CCCCC2)cc1.c1ccc(N2c3ccc(C4CCCCC4)cc3B3c4cc(C5CCCCC5)ccc4N(c4ccccc4)c4cc(C56CC7CC(CC(C7)C5)C6)cc2c43)cc1. The van der Waals surface area contributed by atoms with E-state index in [1.807, 2.05) is 0 Å². The minimum atomic E-state index is 0.198. The molecule has 2 aliphatic heterocycles. The maximum Gasteiger partial charge on any atom is 0.252 e.